The van der Waals surface area contributed by atoms with Gasteiger partial charge in [-0.05, 0) is 33.2 Å². The molecular weight excluding hydrogens is 210 g/mol. The summed E-state index contributed by atoms with van der Waals surface area (Å²) in [6.45, 7) is 5.26. The molecule has 0 aliphatic heterocycles. The van der Waals surface area contributed by atoms with Crippen molar-refractivity contribution in [1.82, 2.24) is 5.32 Å². The molecule has 2 heteroatoms. The highest BCUT2D eigenvalue weighted by Gasteiger charge is 2.38. The molecule has 17 heavy (non-hydrogen) atoms. The lowest BCUT2D eigenvalue weighted by Gasteiger charge is -2.40. The van der Waals surface area contributed by atoms with Crippen LogP contribution in [0.25, 0.3) is 0 Å². The predicted octanol–water partition coefficient (Wildman–Crippen LogP) is 3.89. The largest absolute Gasteiger partial charge is 0.374 e. The van der Waals surface area contributed by atoms with Crippen LogP contribution in [0, 0.1) is 0 Å². The van der Waals surface area contributed by atoms with E-state index in [-0.39, 0.29) is 5.60 Å². The minimum absolute atomic E-state index is 0.120. The zero-order chi connectivity index (χ0) is 12.6. The molecule has 0 aromatic heterocycles. The lowest BCUT2D eigenvalue weighted by atomic mass is 9.83. The van der Waals surface area contributed by atoms with Crippen molar-refractivity contribution in [1.29, 1.82) is 0 Å². The number of nitrogens with one attached hydrogen (secondary N) is 1. The highest BCUT2D eigenvalue weighted by Crippen LogP contribution is 2.35. The van der Waals surface area contributed by atoms with Gasteiger partial charge in [0.15, 0.2) is 0 Å². The van der Waals surface area contributed by atoms with Crippen LogP contribution in [0.3, 0.4) is 0 Å². The van der Waals surface area contributed by atoms with Gasteiger partial charge in [-0.2, -0.15) is 0 Å². The first kappa shape index (κ1) is 15.0. The van der Waals surface area contributed by atoms with Gasteiger partial charge < -0.3 is 10.1 Å². The molecule has 0 heterocycles. The zero-order valence-corrected chi connectivity index (χ0v) is 12.1. The molecular formula is C15H31NO. The standard InChI is InChI=1S/C15H31NO/c1-4-6-11-14(16-3)15(17-5-2)12-9-7-8-10-13-15/h14,16H,4-13H2,1-3H3. The maximum absolute atomic E-state index is 6.24. The molecule has 0 spiro atoms. The van der Waals surface area contributed by atoms with E-state index < -0.39 is 0 Å². The minimum atomic E-state index is 0.120. The van der Waals surface area contributed by atoms with E-state index in [2.05, 4.69) is 26.2 Å². The summed E-state index contributed by atoms with van der Waals surface area (Å²) in [5.41, 5.74) is 0.120. The Labute approximate surface area is 108 Å². The van der Waals surface area contributed by atoms with Crippen LogP contribution in [0.5, 0.6) is 0 Å². The summed E-state index contributed by atoms with van der Waals surface area (Å²) in [5, 5.41) is 3.54. The fraction of sp³-hybridized carbons (Fsp3) is 1.00. The van der Waals surface area contributed by atoms with Crippen molar-refractivity contribution in [2.75, 3.05) is 13.7 Å². The summed E-state index contributed by atoms with van der Waals surface area (Å²) in [6.07, 6.45) is 11.8. The maximum atomic E-state index is 6.24. The Hall–Kier alpha value is -0.0800. The van der Waals surface area contributed by atoms with E-state index in [1.54, 1.807) is 0 Å². The first-order valence-corrected chi connectivity index (χ1v) is 7.60. The summed E-state index contributed by atoms with van der Waals surface area (Å²) in [7, 11) is 2.10. The number of hydrogen-bond donors (Lipinski definition) is 1. The van der Waals surface area contributed by atoms with E-state index in [9.17, 15) is 0 Å². The van der Waals surface area contributed by atoms with Crippen molar-refractivity contribution in [2.24, 2.45) is 0 Å². The molecule has 1 atom stereocenters. The van der Waals surface area contributed by atoms with E-state index in [1.165, 1.54) is 57.8 Å². The van der Waals surface area contributed by atoms with Gasteiger partial charge in [-0.15, -0.1) is 0 Å². The van der Waals surface area contributed by atoms with Gasteiger partial charge in [0.25, 0.3) is 0 Å². The van der Waals surface area contributed by atoms with Crippen molar-refractivity contribution >= 4 is 0 Å². The first-order valence-electron chi connectivity index (χ1n) is 7.60. The maximum Gasteiger partial charge on any atom is 0.0834 e. The Morgan fingerprint density at radius 1 is 1.12 bits per heavy atom. The number of likely N-dealkylation sites (N-methyl/N-ethyl adjacent to an activating group) is 1. The Morgan fingerprint density at radius 3 is 2.24 bits per heavy atom. The van der Waals surface area contributed by atoms with Crippen molar-refractivity contribution in [3.05, 3.63) is 0 Å². The molecule has 1 aliphatic carbocycles. The third-order valence-corrected chi connectivity index (χ3v) is 4.21. The SMILES string of the molecule is CCCCC(NC)C1(OCC)CCCCCC1. The van der Waals surface area contributed by atoms with Gasteiger partial charge in [-0.25, -0.2) is 0 Å². The second-order valence-corrected chi connectivity index (χ2v) is 5.40. The molecule has 102 valence electrons. The van der Waals surface area contributed by atoms with Crippen LogP contribution in [-0.2, 0) is 4.74 Å². The Kier molecular flexibility index (Phi) is 7.14. The van der Waals surface area contributed by atoms with Crippen molar-refractivity contribution in [2.45, 2.75) is 83.3 Å². The number of rotatable bonds is 7. The summed E-state index contributed by atoms with van der Waals surface area (Å²) in [6, 6.07) is 0.542. The normalized spacial score (nSPS) is 22.1. The summed E-state index contributed by atoms with van der Waals surface area (Å²) in [5.74, 6) is 0. The summed E-state index contributed by atoms with van der Waals surface area (Å²) < 4.78 is 6.24. The van der Waals surface area contributed by atoms with Crippen LogP contribution in [-0.4, -0.2) is 25.3 Å². The third-order valence-electron chi connectivity index (χ3n) is 4.21. The highest BCUT2D eigenvalue weighted by molar-refractivity contribution is 4.94. The van der Waals surface area contributed by atoms with Crippen molar-refractivity contribution in [3.8, 4) is 0 Å². The van der Waals surface area contributed by atoms with Gasteiger partial charge in [0.05, 0.1) is 5.60 Å². The van der Waals surface area contributed by atoms with Gasteiger partial charge in [0.1, 0.15) is 0 Å². The van der Waals surface area contributed by atoms with E-state index in [0.29, 0.717) is 6.04 Å². The van der Waals surface area contributed by atoms with Gasteiger partial charge in [0, 0.05) is 12.6 Å². The average molecular weight is 241 g/mol. The smallest absolute Gasteiger partial charge is 0.0834 e. The Bertz CT molecular complexity index is 185. The van der Waals surface area contributed by atoms with E-state index in [4.69, 9.17) is 4.74 Å². The average Bonchev–Trinajstić information content (AvgIpc) is 2.57. The lowest BCUT2D eigenvalue weighted by molar-refractivity contribution is -0.0774. The van der Waals surface area contributed by atoms with Crippen LogP contribution in [0.2, 0.25) is 0 Å². The summed E-state index contributed by atoms with van der Waals surface area (Å²) >= 11 is 0. The minimum Gasteiger partial charge on any atom is -0.374 e. The first-order chi connectivity index (χ1) is 8.29. The van der Waals surface area contributed by atoms with E-state index in [1.807, 2.05) is 0 Å². The van der Waals surface area contributed by atoms with E-state index >= 15 is 0 Å². The van der Waals surface area contributed by atoms with Gasteiger partial charge in [-0.1, -0.05) is 45.4 Å². The molecule has 0 aromatic carbocycles. The zero-order valence-electron chi connectivity index (χ0n) is 12.1. The molecule has 1 N–H and O–H groups in total. The molecule has 0 radical (unpaired) electrons. The highest BCUT2D eigenvalue weighted by atomic mass is 16.5. The molecule has 0 amide bonds. The number of unbranched alkanes of at least 4 members (excludes halogenated alkanes) is 1. The monoisotopic (exact) mass is 241 g/mol. The topological polar surface area (TPSA) is 21.3 Å². The van der Waals surface area contributed by atoms with E-state index in [0.717, 1.165) is 6.61 Å². The molecule has 1 aliphatic rings. The van der Waals surface area contributed by atoms with Crippen molar-refractivity contribution in [3.63, 3.8) is 0 Å². The van der Waals surface area contributed by atoms with Crippen LogP contribution in [0.15, 0.2) is 0 Å². The fourth-order valence-corrected chi connectivity index (χ4v) is 3.29. The molecule has 1 fully saturated rings. The molecule has 1 unspecified atom stereocenters. The molecule has 2 nitrogen and oxygen atoms in total. The molecule has 0 saturated heterocycles. The third kappa shape index (κ3) is 4.26. The van der Waals surface area contributed by atoms with Crippen LogP contribution >= 0.6 is 0 Å². The quantitative estimate of drug-likeness (QED) is 0.683. The number of hydrogen-bond acceptors (Lipinski definition) is 2. The second-order valence-electron chi connectivity index (χ2n) is 5.40. The molecule has 1 saturated carbocycles. The number of ether oxygens (including phenoxy) is 1. The predicted molar refractivity (Wildman–Crippen MR) is 74.4 cm³/mol. The van der Waals surface area contributed by atoms with Crippen molar-refractivity contribution < 1.29 is 4.74 Å². The van der Waals surface area contributed by atoms with Crippen LogP contribution in [0.1, 0.15) is 71.6 Å². The lowest BCUT2D eigenvalue weighted by Crippen LogP contribution is -2.51. The second kappa shape index (κ2) is 8.10. The molecule has 0 aromatic rings. The Balaban J connectivity index is 2.70. The van der Waals surface area contributed by atoms with Gasteiger partial charge in [0.2, 0.25) is 0 Å². The Morgan fingerprint density at radius 2 is 1.76 bits per heavy atom. The summed E-state index contributed by atoms with van der Waals surface area (Å²) in [4.78, 5) is 0. The van der Waals surface area contributed by atoms with Crippen LogP contribution in [0.4, 0.5) is 0 Å². The fourth-order valence-electron chi connectivity index (χ4n) is 3.29. The van der Waals surface area contributed by atoms with Gasteiger partial charge in [-0.3, -0.25) is 0 Å². The van der Waals surface area contributed by atoms with Gasteiger partial charge >= 0.3 is 0 Å². The molecule has 1 rings (SSSR count). The van der Waals surface area contributed by atoms with Crippen LogP contribution < -0.4 is 5.32 Å². The molecule has 0 bridgehead atoms.